The first kappa shape index (κ1) is 15.1. The molecule has 1 heterocycles. The van der Waals surface area contributed by atoms with Crippen molar-refractivity contribution in [2.24, 2.45) is 5.92 Å². The minimum absolute atomic E-state index is 0.623. The second-order valence-electron chi connectivity index (χ2n) is 5.26. The van der Waals surface area contributed by atoms with Crippen LogP contribution in [0.15, 0.2) is 0 Å². The molecule has 1 aromatic heterocycles. The Morgan fingerprint density at radius 2 is 1.78 bits per heavy atom. The molecule has 1 atom stereocenters. The Morgan fingerprint density at radius 1 is 1.17 bits per heavy atom. The molecular formula is C15H27N3. The van der Waals surface area contributed by atoms with E-state index in [0.717, 1.165) is 36.6 Å². The highest BCUT2D eigenvalue weighted by Gasteiger charge is 2.11. The van der Waals surface area contributed by atoms with Crippen LogP contribution >= 0.6 is 0 Å². The van der Waals surface area contributed by atoms with Crippen molar-refractivity contribution in [2.45, 2.75) is 53.4 Å². The summed E-state index contributed by atoms with van der Waals surface area (Å²) in [4.78, 5) is 9.31. The topological polar surface area (TPSA) is 37.8 Å². The molecule has 0 radical (unpaired) electrons. The normalized spacial score (nSPS) is 12.7. The molecule has 0 amide bonds. The van der Waals surface area contributed by atoms with Crippen LogP contribution in [0.3, 0.4) is 0 Å². The molecule has 0 saturated heterocycles. The molecule has 1 unspecified atom stereocenters. The average molecular weight is 249 g/mol. The smallest absolute Gasteiger partial charge is 0.128 e. The zero-order valence-electron chi connectivity index (χ0n) is 12.5. The van der Waals surface area contributed by atoms with E-state index in [1.807, 2.05) is 7.05 Å². The Labute approximate surface area is 111 Å². The third-order valence-corrected chi connectivity index (χ3v) is 3.33. The SMILES string of the molecule is CCCCc1nc(C)c(CC(C)CNC)c(C)n1. The van der Waals surface area contributed by atoms with Gasteiger partial charge in [-0.15, -0.1) is 0 Å². The number of hydrogen-bond acceptors (Lipinski definition) is 3. The van der Waals surface area contributed by atoms with Crippen molar-refractivity contribution < 1.29 is 0 Å². The minimum Gasteiger partial charge on any atom is -0.319 e. The molecule has 102 valence electrons. The maximum Gasteiger partial charge on any atom is 0.128 e. The van der Waals surface area contributed by atoms with E-state index >= 15 is 0 Å². The van der Waals surface area contributed by atoms with Crippen molar-refractivity contribution in [1.29, 1.82) is 0 Å². The van der Waals surface area contributed by atoms with E-state index in [4.69, 9.17) is 0 Å². The van der Waals surface area contributed by atoms with Crippen LogP contribution in [0.1, 0.15) is 49.5 Å². The number of aryl methyl sites for hydroxylation is 3. The lowest BCUT2D eigenvalue weighted by Crippen LogP contribution is -2.19. The summed E-state index contributed by atoms with van der Waals surface area (Å²) in [6, 6.07) is 0. The number of aromatic nitrogens is 2. The Bertz CT molecular complexity index is 351. The summed E-state index contributed by atoms with van der Waals surface area (Å²) in [7, 11) is 2.00. The van der Waals surface area contributed by atoms with Crippen LogP contribution in [0.25, 0.3) is 0 Å². The summed E-state index contributed by atoms with van der Waals surface area (Å²) in [5.41, 5.74) is 3.66. The molecule has 0 aromatic carbocycles. The molecule has 0 spiro atoms. The molecule has 0 aliphatic heterocycles. The van der Waals surface area contributed by atoms with E-state index in [1.165, 1.54) is 18.4 Å². The largest absolute Gasteiger partial charge is 0.319 e. The fourth-order valence-electron chi connectivity index (χ4n) is 2.32. The van der Waals surface area contributed by atoms with Gasteiger partial charge in [-0.05, 0) is 51.8 Å². The first-order valence-corrected chi connectivity index (χ1v) is 7.06. The van der Waals surface area contributed by atoms with Crippen molar-refractivity contribution in [3.8, 4) is 0 Å². The highest BCUT2D eigenvalue weighted by molar-refractivity contribution is 5.25. The zero-order valence-corrected chi connectivity index (χ0v) is 12.5. The van der Waals surface area contributed by atoms with Crippen molar-refractivity contribution in [3.05, 3.63) is 22.8 Å². The van der Waals surface area contributed by atoms with Crippen molar-refractivity contribution in [2.75, 3.05) is 13.6 Å². The lowest BCUT2D eigenvalue weighted by atomic mass is 9.98. The highest BCUT2D eigenvalue weighted by atomic mass is 14.9. The molecule has 18 heavy (non-hydrogen) atoms. The monoisotopic (exact) mass is 249 g/mol. The van der Waals surface area contributed by atoms with E-state index in [1.54, 1.807) is 0 Å². The van der Waals surface area contributed by atoms with Gasteiger partial charge in [0.1, 0.15) is 5.82 Å². The molecule has 0 fully saturated rings. The molecule has 3 heteroatoms. The molecular weight excluding hydrogens is 222 g/mol. The van der Waals surface area contributed by atoms with Gasteiger partial charge in [0.05, 0.1) is 0 Å². The van der Waals surface area contributed by atoms with Gasteiger partial charge in [0, 0.05) is 17.8 Å². The summed E-state index contributed by atoms with van der Waals surface area (Å²) in [6.45, 7) is 9.74. The summed E-state index contributed by atoms with van der Waals surface area (Å²) in [5, 5.41) is 3.23. The second-order valence-corrected chi connectivity index (χ2v) is 5.26. The van der Waals surface area contributed by atoms with Crippen LogP contribution in [0, 0.1) is 19.8 Å². The van der Waals surface area contributed by atoms with Gasteiger partial charge in [-0.2, -0.15) is 0 Å². The summed E-state index contributed by atoms with van der Waals surface area (Å²) in [6.07, 6.45) is 4.44. The fourth-order valence-corrected chi connectivity index (χ4v) is 2.32. The summed E-state index contributed by atoms with van der Waals surface area (Å²) >= 11 is 0. The molecule has 1 N–H and O–H groups in total. The standard InChI is InChI=1S/C15H27N3/c1-6-7-8-15-17-12(3)14(13(4)18-15)9-11(2)10-16-5/h11,16H,6-10H2,1-5H3. The van der Waals surface area contributed by atoms with Gasteiger partial charge in [0.15, 0.2) is 0 Å². The fraction of sp³-hybridized carbons (Fsp3) is 0.733. The molecule has 1 aromatic rings. The molecule has 0 bridgehead atoms. The maximum absolute atomic E-state index is 4.65. The van der Waals surface area contributed by atoms with Gasteiger partial charge in [-0.25, -0.2) is 9.97 Å². The van der Waals surface area contributed by atoms with Crippen LogP contribution < -0.4 is 5.32 Å². The quantitative estimate of drug-likeness (QED) is 0.807. The first-order chi connectivity index (χ1) is 8.58. The van der Waals surface area contributed by atoms with E-state index < -0.39 is 0 Å². The summed E-state index contributed by atoms with van der Waals surface area (Å²) < 4.78 is 0. The van der Waals surface area contributed by atoms with Crippen LogP contribution in [0.4, 0.5) is 0 Å². The molecule has 1 rings (SSSR count). The molecule has 0 aliphatic carbocycles. The zero-order chi connectivity index (χ0) is 13.5. The van der Waals surface area contributed by atoms with Gasteiger partial charge in [-0.3, -0.25) is 0 Å². The van der Waals surface area contributed by atoms with Gasteiger partial charge in [-0.1, -0.05) is 20.3 Å². The van der Waals surface area contributed by atoms with Gasteiger partial charge < -0.3 is 5.32 Å². The van der Waals surface area contributed by atoms with E-state index in [9.17, 15) is 0 Å². The van der Waals surface area contributed by atoms with Gasteiger partial charge >= 0.3 is 0 Å². The second kappa shape index (κ2) is 7.47. The lowest BCUT2D eigenvalue weighted by Gasteiger charge is -2.15. The highest BCUT2D eigenvalue weighted by Crippen LogP contribution is 2.16. The number of nitrogens with zero attached hydrogens (tertiary/aromatic N) is 2. The Hall–Kier alpha value is -0.960. The van der Waals surface area contributed by atoms with Crippen molar-refractivity contribution in [1.82, 2.24) is 15.3 Å². The van der Waals surface area contributed by atoms with Crippen LogP contribution in [0.2, 0.25) is 0 Å². The van der Waals surface area contributed by atoms with Gasteiger partial charge in [0.2, 0.25) is 0 Å². The van der Waals surface area contributed by atoms with Crippen LogP contribution in [-0.2, 0) is 12.8 Å². The first-order valence-electron chi connectivity index (χ1n) is 7.06. The minimum atomic E-state index is 0.623. The predicted octanol–water partition coefficient (Wildman–Crippen LogP) is 2.83. The van der Waals surface area contributed by atoms with Crippen molar-refractivity contribution in [3.63, 3.8) is 0 Å². The Kier molecular flexibility index (Phi) is 6.27. The van der Waals surface area contributed by atoms with E-state index in [-0.39, 0.29) is 0 Å². The Balaban J connectivity index is 2.80. The number of nitrogens with one attached hydrogen (secondary N) is 1. The Morgan fingerprint density at radius 3 is 2.28 bits per heavy atom. The third-order valence-electron chi connectivity index (χ3n) is 3.33. The molecule has 0 aliphatic rings. The molecule has 0 saturated carbocycles. The maximum atomic E-state index is 4.65. The van der Waals surface area contributed by atoms with Crippen molar-refractivity contribution >= 4 is 0 Å². The van der Waals surface area contributed by atoms with Crippen LogP contribution in [-0.4, -0.2) is 23.6 Å². The molecule has 3 nitrogen and oxygen atoms in total. The van der Waals surface area contributed by atoms with E-state index in [0.29, 0.717) is 5.92 Å². The predicted molar refractivity (Wildman–Crippen MR) is 76.9 cm³/mol. The summed E-state index contributed by atoms with van der Waals surface area (Å²) in [5.74, 6) is 1.63. The van der Waals surface area contributed by atoms with Crippen LogP contribution in [0.5, 0.6) is 0 Å². The number of rotatable bonds is 7. The lowest BCUT2D eigenvalue weighted by molar-refractivity contribution is 0.536. The number of unbranched alkanes of at least 4 members (excludes halogenated alkanes) is 1. The van der Waals surface area contributed by atoms with E-state index in [2.05, 4.69) is 43.0 Å². The third kappa shape index (κ3) is 4.37. The van der Waals surface area contributed by atoms with Gasteiger partial charge in [0.25, 0.3) is 0 Å². The number of hydrogen-bond donors (Lipinski definition) is 1. The average Bonchev–Trinajstić information content (AvgIpc) is 2.31.